The maximum absolute atomic E-state index is 13.0. The van der Waals surface area contributed by atoms with E-state index in [9.17, 15) is 4.79 Å². The van der Waals surface area contributed by atoms with Crippen LogP contribution >= 0.6 is 0 Å². The molecule has 0 fully saturated rings. The monoisotopic (exact) mass is 341 g/mol. The highest BCUT2D eigenvalue weighted by Crippen LogP contribution is 2.30. The molecule has 2 aromatic heterocycles. The first kappa shape index (κ1) is 14.8. The van der Waals surface area contributed by atoms with Crippen LogP contribution in [0.3, 0.4) is 0 Å². The molecule has 0 saturated heterocycles. The maximum atomic E-state index is 13.0. The number of amides is 1. The summed E-state index contributed by atoms with van der Waals surface area (Å²) in [4.78, 5) is 19.2. The maximum Gasteiger partial charge on any atom is 0.254 e. The number of fused-ring (bicyclic) bond motifs is 2. The van der Waals surface area contributed by atoms with Crippen molar-refractivity contribution in [1.82, 2.24) is 15.0 Å². The summed E-state index contributed by atoms with van der Waals surface area (Å²) in [5.41, 5.74) is 4.39. The standard InChI is InChI=1S/C21H15N3O2/c25-21(24-12-16-7-4-10-22-19(16)13-24)15-8-9-18-17(11-15)20(26-23-18)14-5-2-1-3-6-14/h1-11H,12-13H2. The third-order valence-corrected chi connectivity index (χ3v) is 4.73. The number of nitrogens with zero attached hydrogens (tertiary/aromatic N) is 3. The Bertz CT molecular complexity index is 1090. The van der Waals surface area contributed by atoms with E-state index in [0.29, 0.717) is 24.4 Å². The fourth-order valence-electron chi connectivity index (χ4n) is 3.40. The molecule has 2 aromatic carbocycles. The van der Waals surface area contributed by atoms with Crippen LogP contribution in [0.2, 0.25) is 0 Å². The van der Waals surface area contributed by atoms with Gasteiger partial charge in [0.15, 0.2) is 5.76 Å². The SMILES string of the molecule is O=C(c1ccc2noc(-c3ccccc3)c2c1)N1Cc2cccnc2C1. The van der Waals surface area contributed by atoms with Crippen molar-refractivity contribution >= 4 is 16.8 Å². The molecule has 5 heteroatoms. The second kappa shape index (κ2) is 5.81. The van der Waals surface area contributed by atoms with Crippen LogP contribution in [0.25, 0.3) is 22.2 Å². The molecule has 0 spiro atoms. The molecule has 5 rings (SSSR count). The number of carbonyl (C=O) groups is 1. The first-order valence-electron chi connectivity index (χ1n) is 8.46. The topological polar surface area (TPSA) is 59.2 Å². The third kappa shape index (κ3) is 2.37. The van der Waals surface area contributed by atoms with E-state index in [-0.39, 0.29) is 5.91 Å². The molecular formula is C21H15N3O2. The lowest BCUT2D eigenvalue weighted by Gasteiger charge is -2.15. The van der Waals surface area contributed by atoms with Crippen LogP contribution in [0.4, 0.5) is 0 Å². The number of carbonyl (C=O) groups excluding carboxylic acids is 1. The summed E-state index contributed by atoms with van der Waals surface area (Å²) in [6.45, 7) is 1.14. The summed E-state index contributed by atoms with van der Waals surface area (Å²) in [5.74, 6) is 0.673. The lowest BCUT2D eigenvalue weighted by molar-refractivity contribution is 0.0750. The molecule has 0 atom stereocenters. The highest BCUT2D eigenvalue weighted by molar-refractivity contribution is 6.01. The van der Waals surface area contributed by atoms with Crippen LogP contribution in [0, 0.1) is 0 Å². The van der Waals surface area contributed by atoms with Crippen molar-refractivity contribution in [3.8, 4) is 11.3 Å². The molecule has 0 N–H and O–H groups in total. The van der Waals surface area contributed by atoms with Crippen LogP contribution in [0.5, 0.6) is 0 Å². The Balaban J connectivity index is 1.51. The van der Waals surface area contributed by atoms with E-state index in [1.807, 2.05) is 59.5 Å². The highest BCUT2D eigenvalue weighted by Gasteiger charge is 2.25. The smallest absolute Gasteiger partial charge is 0.254 e. The summed E-state index contributed by atoms with van der Waals surface area (Å²) < 4.78 is 5.53. The van der Waals surface area contributed by atoms with Gasteiger partial charge in [-0.3, -0.25) is 9.78 Å². The van der Waals surface area contributed by atoms with Crippen molar-refractivity contribution in [3.63, 3.8) is 0 Å². The second-order valence-corrected chi connectivity index (χ2v) is 6.38. The minimum atomic E-state index is -0.00916. The molecule has 0 radical (unpaired) electrons. The van der Waals surface area contributed by atoms with Crippen LogP contribution in [-0.2, 0) is 13.1 Å². The van der Waals surface area contributed by atoms with Crippen molar-refractivity contribution in [3.05, 3.63) is 83.7 Å². The van der Waals surface area contributed by atoms with Gasteiger partial charge >= 0.3 is 0 Å². The van der Waals surface area contributed by atoms with E-state index in [1.165, 1.54) is 0 Å². The minimum Gasteiger partial charge on any atom is -0.355 e. The predicted octanol–water partition coefficient (Wildman–Crippen LogP) is 4.05. The van der Waals surface area contributed by atoms with Crippen LogP contribution < -0.4 is 0 Å². The molecule has 3 heterocycles. The number of rotatable bonds is 2. The van der Waals surface area contributed by atoms with Gasteiger partial charge in [-0.1, -0.05) is 41.6 Å². The lowest BCUT2D eigenvalue weighted by Crippen LogP contribution is -2.25. The number of pyridine rings is 1. The van der Waals surface area contributed by atoms with Crippen LogP contribution in [0.1, 0.15) is 21.6 Å². The van der Waals surface area contributed by atoms with Crippen molar-refractivity contribution in [2.24, 2.45) is 0 Å². The summed E-state index contributed by atoms with van der Waals surface area (Å²) in [6, 6.07) is 19.2. The van der Waals surface area contributed by atoms with E-state index in [2.05, 4.69) is 10.1 Å². The van der Waals surface area contributed by atoms with Crippen molar-refractivity contribution in [2.75, 3.05) is 0 Å². The lowest BCUT2D eigenvalue weighted by atomic mass is 10.1. The zero-order valence-corrected chi connectivity index (χ0v) is 13.9. The largest absolute Gasteiger partial charge is 0.355 e. The van der Waals surface area contributed by atoms with Gasteiger partial charge in [-0.15, -0.1) is 0 Å². The number of benzene rings is 2. The van der Waals surface area contributed by atoms with Gasteiger partial charge < -0.3 is 9.42 Å². The normalized spacial score (nSPS) is 13.2. The number of hydrogen-bond donors (Lipinski definition) is 0. The van der Waals surface area contributed by atoms with E-state index >= 15 is 0 Å². The average Bonchev–Trinajstić information content (AvgIpc) is 3.31. The van der Waals surface area contributed by atoms with Gasteiger partial charge in [0.1, 0.15) is 5.52 Å². The van der Waals surface area contributed by atoms with Crippen LogP contribution in [0.15, 0.2) is 71.4 Å². The Morgan fingerprint density at radius 1 is 1.00 bits per heavy atom. The van der Waals surface area contributed by atoms with Gasteiger partial charge in [0.05, 0.1) is 17.6 Å². The van der Waals surface area contributed by atoms with Gasteiger partial charge in [0, 0.05) is 23.9 Å². The Hall–Kier alpha value is -3.47. The van der Waals surface area contributed by atoms with Gasteiger partial charge in [0.2, 0.25) is 0 Å². The van der Waals surface area contributed by atoms with Gasteiger partial charge in [-0.05, 0) is 29.8 Å². The summed E-state index contributed by atoms with van der Waals surface area (Å²) in [5, 5.41) is 4.96. The molecule has 0 bridgehead atoms. The fraction of sp³-hybridized carbons (Fsp3) is 0.0952. The van der Waals surface area contributed by atoms with Gasteiger partial charge in [-0.25, -0.2) is 0 Å². The first-order chi connectivity index (χ1) is 12.8. The summed E-state index contributed by atoms with van der Waals surface area (Å²) in [6.07, 6.45) is 1.77. The molecule has 1 amide bonds. The molecule has 1 aliphatic heterocycles. The number of hydrogen-bond acceptors (Lipinski definition) is 4. The quantitative estimate of drug-likeness (QED) is 0.552. The van der Waals surface area contributed by atoms with Crippen molar-refractivity contribution in [2.45, 2.75) is 13.1 Å². The molecule has 5 nitrogen and oxygen atoms in total. The van der Waals surface area contributed by atoms with E-state index in [4.69, 9.17) is 4.52 Å². The summed E-state index contributed by atoms with van der Waals surface area (Å²) >= 11 is 0. The fourth-order valence-corrected chi connectivity index (χ4v) is 3.40. The first-order valence-corrected chi connectivity index (χ1v) is 8.46. The van der Waals surface area contributed by atoms with E-state index in [1.54, 1.807) is 12.3 Å². The zero-order chi connectivity index (χ0) is 17.5. The van der Waals surface area contributed by atoms with Crippen molar-refractivity contribution in [1.29, 1.82) is 0 Å². The molecular weight excluding hydrogens is 326 g/mol. The molecule has 0 unspecified atom stereocenters. The minimum absolute atomic E-state index is 0.00916. The van der Waals surface area contributed by atoms with Crippen LogP contribution in [-0.4, -0.2) is 20.9 Å². The average molecular weight is 341 g/mol. The summed E-state index contributed by atoms with van der Waals surface area (Å²) in [7, 11) is 0. The molecule has 0 aliphatic carbocycles. The van der Waals surface area contributed by atoms with Crippen molar-refractivity contribution < 1.29 is 9.32 Å². The Morgan fingerprint density at radius 3 is 2.73 bits per heavy atom. The molecule has 26 heavy (non-hydrogen) atoms. The van der Waals surface area contributed by atoms with E-state index in [0.717, 1.165) is 27.7 Å². The Labute approximate surface area is 149 Å². The molecule has 1 aliphatic rings. The Kier molecular flexibility index (Phi) is 3.31. The molecule has 4 aromatic rings. The number of aromatic nitrogens is 2. The zero-order valence-electron chi connectivity index (χ0n) is 13.9. The Morgan fingerprint density at radius 2 is 1.88 bits per heavy atom. The molecule has 0 saturated carbocycles. The highest BCUT2D eigenvalue weighted by atomic mass is 16.5. The predicted molar refractivity (Wildman–Crippen MR) is 97.3 cm³/mol. The molecule has 126 valence electrons. The van der Waals surface area contributed by atoms with Gasteiger partial charge in [-0.2, -0.15) is 0 Å². The second-order valence-electron chi connectivity index (χ2n) is 6.38. The third-order valence-electron chi connectivity index (χ3n) is 4.73. The van der Waals surface area contributed by atoms with E-state index < -0.39 is 0 Å². The van der Waals surface area contributed by atoms with Gasteiger partial charge in [0.25, 0.3) is 5.91 Å².